The molecule has 0 aromatic heterocycles. The standard InChI is InChI=1S/C12H17FN2O/c1-8-11(5-6-14-2)16-12-7-9(13)3-4-10(12)15-8/h3-4,7-8,11,14-15H,5-6H2,1-2H3. The molecule has 0 saturated heterocycles. The Morgan fingerprint density at radius 1 is 1.50 bits per heavy atom. The van der Waals surface area contributed by atoms with Gasteiger partial charge in [-0.15, -0.1) is 0 Å². The van der Waals surface area contributed by atoms with E-state index >= 15 is 0 Å². The molecule has 0 amide bonds. The zero-order chi connectivity index (χ0) is 11.5. The maximum Gasteiger partial charge on any atom is 0.145 e. The van der Waals surface area contributed by atoms with Crippen LogP contribution in [0.4, 0.5) is 10.1 Å². The van der Waals surface area contributed by atoms with E-state index in [4.69, 9.17) is 4.74 Å². The van der Waals surface area contributed by atoms with Crippen molar-refractivity contribution in [2.24, 2.45) is 0 Å². The zero-order valence-corrected chi connectivity index (χ0v) is 9.59. The Kier molecular flexibility index (Phi) is 3.29. The fraction of sp³-hybridized carbons (Fsp3) is 0.500. The molecular formula is C12H17FN2O. The maximum absolute atomic E-state index is 13.1. The number of nitrogens with one attached hydrogen (secondary N) is 2. The largest absolute Gasteiger partial charge is 0.486 e. The summed E-state index contributed by atoms with van der Waals surface area (Å²) in [6.45, 7) is 2.97. The number of hydrogen-bond donors (Lipinski definition) is 2. The first-order chi connectivity index (χ1) is 7.70. The van der Waals surface area contributed by atoms with E-state index < -0.39 is 0 Å². The van der Waals surface area contributed by atoms with E-state index in [2.05, 4.69) is 17.6 Å². The Balaban J connectivity index is 2.13. The number of benzene rings is 1. The first-order valence-electron chi connectivity index (χ1n) is 5.58. The molecule has 2 atom stereocenters. The fourth-order valence-corrected chi connectivity index (χ4v) is 1.91. The molecule has 1 aliphatic rings. The highest BCUT2D eigenvalue weighted by Crippen LogP contribution is 2.32. The van der Waals surface area contributed by atoms with Crippen LogP contribution in [-0.2, 0) is 0 Å². The summed E-state index contributed by atoms with van der Waals surface area (Å²) in [5.41, 5.74) is 0.870. The van der Waals surface area contributed by atoms with Gasteiger partial charge >= 0.3 is 0 Å². The lowest BCUT2D eigenvalue weighted by Crippen LogP contribution is -2.40. The van der Waals surface area contributed by atoms with Crippen molar-refractivity contribution < 1.29 is 9.13 Å². The molecule has 2 rings (SSSR count). The molecule has 1 aliphatic heterocycles. The summed E-state index contributed by atoms with van der Waals surface area (Å²) in [6, 6.07) is 4.83. The fourth-order valence-electron chi connectivity index (χ4n) is 1.91. The molecule has 1 aromatic carbocycles. The van der Waals surface area contributed by atoms with Crippen LogP contribution in [-0.4, -0.2) is 25.7 Å². The highest BCUT2D eigenvalue weighted by molar-refractivity contribution is 5.58. The van der Waals surface area contributed by atoms with Crippen LogP contribution in [0, 0.1) is 5.82 Å². The van der Waals surface area contributed by atoms with Crippen LogP contribution >= 0.6 is 0 Å². The van der Waals surface area contributed by atoms with Gasteiger partial charge < -0.3 is 15.4 Å². The van der Waals surface area contributed by atoms with Crippen molar-refractivity contribution in [2.45, 2.75) is 25.5 Å². The molecule has 4 heteroatoms. The molecule has 0 aliphatic carbocycles. The molecule has 3 nitrogen and oxygen atoms in total. The van der Waals surface area contributed by atoms with Gasteiger partial charge in [-0.25, -0.2) is 4.39 Å². The second kappa shape index (κ2) is 4.70. The summed E-state index contributed by atoms with van der Waals surface area (Å²) in [5, 5.41) is 6.42. The number of fused-ring (bicyclic) bond motifs is 1. The van der Waals surface area contributed by atoms with E-state index in [9.17, 15) is 4.39 Å². The molecule has 0 bridgehead atoms. The molecule has 0 saturated carbocycles. The van der Waals surface area contributed by atoms with Gasteiger partial charge in [0.1, 0.15) is 17.7 Å². The van der Waals surface area contributed by atoms with Crippen LogP contribution in [0.2, 0.25) is 0 Å². The highest BCUT2D eigenvalue weighted by atomic mass is 19.1. The normalized spacial score (nSPS) is 23.2. The summed E-state index contributed by atoms with van der Waals surface area (Å²) in [5.74, 6) is 0.349. The Morgan fingerprint density at radius 3 is 3.06 bits per heavy atom. The number of hydrogen-bond acceptors (Lipinski definition) is 3. The summed E-state index contributed by atoms with van der Waals surface area (Å²) >= 11 is 0. The average Bonchev–Trinajstić information content (AvgIpc) is 2.27. The summed E-state index contributed by atoms with van der Waals surface area (Å²) in [4.78, 5) is 0. The molecule has 1 aromatic rings. The predicted molar refractivity (Wildman–Crippen MR) is 62.4 cm³/mol. The Labute approximate surface area is 95.0 Å². The van der Waals surface area contributed by atoms with Crippen LogP contribution in [0.25, 0.3) is 0 Å². The van der Waals surface area contributed by atoms with Gasteiger partial charge in [0.25, 0.3) is 0 Å². The van der Waals surface area contributed by atoms with Gasteiger partial charge in [-0.3, -0.25) is 0 Å². The summed E-state index contributed by atoms with van der Waals surface area (Å²) < 4.78 is 18.8. The van der Waals surface area contributed by atoms with Crippen LogP contribution < -0.4 is 15.4 Å². The van der Waals surface area contributed by atoms with Crippen LogP contribution in [0.1, 0.15) is 13.3 Å². The lowest BCUT2D eigenvalue weighted by molar-refractivity contribution is 0.164. The number of anilines is 1. The predicted octanol–water partition coefficient (Wildman–Crippen LogP) is 2.00. The molecule has 2 N–H and O–H groups in total. The smallest absolute Gasteiger partial charge is 0.145 e. The minimum atomic E-state index is -0.262. The minimum Gasteiger partial charge on any atom is -0.486 e. The second-order valence-electron chi connectivity index (χ2n) is 4.12. The van der Waals surface area contributed by atoms with E-state index in [1.807, 2.05) is 7.05 Å². The SMILES string of the molecule is CNCCC1Oc2cc(F)ccc2NC1C. The van der Waals surface area contributed by atoms with Crippen molar-refractivity contribution >= 4 is 5.69 Å². The van der Waals surface area contributed by atoms with Gasteiger partial charge in [-0.1, -0.05) is 0 Å². The molecule has 16 heavy (non-hydrogen) atoms. The third-order valence-corrected chi connectivity index (χ3v) is 2.84. The molecule has 1 heterocycles. The number of ether oxygens (including phenoxy) is 1. The third-order valence-electron chi connectivity index (χ3n) is 2.84. The van der Waals surface area contributed by atoms with Crippen LogP contribution in [0.5, 0.6) is 5.75 Å². The molecule has 0 spiro atoms. The molecule has 2 unspecified atom stereocenters. The van der Waals surface area contributed by atoms with Gasteiger partial charge in [0.15, 0.2) is 0 Å². The summed E-state index contributed by atoms with van der Waals surface area (Å²) in [7, 11) is 1.91. The van der Waals surface area contributed by atoms with Crippen molar-refractivity contribution in [3.63, 3.8) is 0 Å². The molecule has 0 fully saturated rings. The van der Waals surface area contributed by atoms with Crippen LogP contribution in [0.3, 0.4) is 0 Å². The van der Waals surface area contributed by atoms with Gasteiger partial charge in [0.2, 0.25) is 0 Å². The van der Waals surface area contributed by atoms with E-state index in [1.165, 1.54) is 12.1 Å². The monoisotopic (exact) mass is 224 g/mol. The van der Waals surface area contributed by atoms with Crippen molar-refractivity contribution in [1.82, 2.24) is 5.32 Å². The van der Waals surface area contributed by atoms with E-state index in [0.29, 0.717) is 5.75 Å². The van der Waals surface area contributed by atoms with Crippen LogP contribution in [0.15, 0.2) is 18.2 Å². The van der Waals surface area contributed by atoms with Gasteiger partial charge in [0, 0.05) is 6.07 Å². The van der Waals surface area contributed by atoms with E-state index in [0.717, 1.165) is 18.7 Å². The average molecular weight is 224 g/mol. The van der Waals surface area contributed by atoms with E-state index in [-0.39, 0.29) is 18.0 Å². The van der Waals surface area contributed by atoms with Gasteiger partial charge in [0.05, 0.1) is 11.7 Å². The lowest BCUT2D eigenvalue weighted by atomic mass is 10.1. The highest BCUT2D eigenvalue weighted by Gasteiger charge is 2.25. The topological polar surface area (TPSA) is 33.3 Å². The second-order valence-corrected chi connectivity index (χ2v) is 4.12. The molecular weight excluding hydrogens is 207 g/mol. The van der Waals surface area contributed by atoms with Gasteiger partial charge in [-0.05, 0) is 39.1 Å². The van der Waals surface area contributed by atoms with Crippen molar-refractivity contribution in [2.75, 3.05) is 18.9 Å². The van der Waals surface area contributed by atoms with Crippen molar-refractivity contribution in [3.05, 3.63) is 24.0 Å². The number of halogens is 1. The lowest BCUT2D eigenvalue weighted by Gasteiger charge is -2.33. The first-order valence-corrected chi connectivity index (χ1v) is 5.58. The van der Waals surface area contributed by atoms with E-state index in [1.54, 1.807) is 6.07 Å². The molecule has 0 radical (unpaired) electrons. The Morgan fingerprint density at radius 2 is 2.31 bits per heavy atom. The van der Waals surface area contributed by atoms with Crippen molar-refractivity contribution in [3.8, 4) is 5.75 Å². The van der Waals surface area contributed by atoms with Gasteiger partial charge in [-0.2, -0.15) is 0 Å². The maximum atomic E-state index is 13.1. The number of rotatable bonds is 3. The first kappa shape index (κ1) is 11.2. The minimum absolute atomic E-state index is 0.0850. The van der Waals surface area contributed by atoms with Crippen molar-refractivity contribution in [1.29, 1.82) is 0 Å². The Hall–Kier alpha value is -1.29. The molecule has 88 valence electrons. The Bertz CT molecular complexity index is 370. The zero-order valence-electron chi connectivity index (χ0n) is 9.59. The third kappa shape index (κ3) is 2.27. The summed E-state index contributed by atoms with van der Waals surface area (Å²) in [6.07, 6.45) is 0.988. The quantitative estimate of drug-likeness (QED) is 0.824.